The van der Waals surface area contributed by atoms with E-state index in [1.165, 1.54) is 18.7 Å². The van der Waals surface area contributed by atoms with Crippen LogP contribution in [0, 0.1) is 0 Å². The summed E-state index contributed by atoms with van der Waals surface area (Å²) in [7, 11) is 0. The lowest BCUT2D eigenvalue weighted by atomic mass is 10.1. The molecule has 0 aromatic carbocycles. The van der Waals surface area contributed by atoms with E-state index in [1.807, 2.05) is 0 Å². The smallest absolute Gasteiger partial charge is 0.303 e. The molecular weight excluding hydrogens is 271 g/mol. The number of hydrogen-bond donors (Lipinski definition) is 0. The van der Waals surface area contributed by atoms with Gasteiger partial charge in [0.25, 0.3) is 0 Å². The van der Waals surface area contributed by atoms with Gasteiger partial charge in [-0.25, -0.2) is 4.39 Å². The molecule has 1 aliphatic rings. The number of ether oxygens (including phenoxy) is 3. The monoisotopic (exact) mass is 290 g/mol. The molecule has 1 fully saturated rings. The Kier molecular flexibility index (Phi) is 7.12. The van der Waals surface area contributed by atoms with Crippen LogP contribution in [-0.4, -0.2) is 48.8 Å². The molecule has 4 atom stereocenters. The number of alkyl halides is 1. The summed E-state index contributed by atoms with van der Waals surface area (Å²) in [4.78, 5) is 10.9. The molecule has 0 N–H and O–H groups in total. The van der Waals surface area contributed by atoms with E-state index in [-0.39, 0.29) is 11.9 Å². The minimum absolute atomic E-state index is 0.223. The number of thioether (sulfide) groups is 1. The molecule has 0 aromatic heterocycles. The number of rotatable bonds is 8. The highest BCUT2D eigenvalue weighted by molar-refractivity contribution is 8.00. The van der Waals surface area contributed by atoms with Gasteiger partial charge < -0.3 is 14.2 Å². The number of carbonyl (C=O) groups is 1. The lowest BCUT2D eigenvalue weighted by Gasteiger charge is -2.19. The van der Waals surface area contributed by atoms with Gasteiger partial charge in [-0.2, -0.15) is 0 Å². The topological polar surface area (TPSA) is 44.8 Å². The Morgan fingerprint density at radius 3 is 2.63 bits per heavy atom. The zero-order valence-corrected chi connectivity index (χ0v) is 11.7. The van der Waals surface area contributed by atoms with Crippen LogP contribution in [0.25, 0.3) is 0 Å². The maximum Gasteiger partial charge on any atom is 0.303 e. The normalized spacial score (nSPS) is 30.0. The van der Waals surface area contributed by atoms with E-state index in [9.17, 15) is 9.18 Å². The van der Waals surface area contributed by atoms with Gasteiger partial charge in [0.1, 0.15) is 6.10 Å². The molecule has 1 aliphatic heterocycles. The second kappa shape index (κ2) is 8.35. The van der Waals surface area contributed by atoms with Crippen LogP contribution in [0.5, 0.6) is 0 Å². The molecule has 1 saturated heterocycles. The van der Waals surface area contributed by atoms with Crippen LogP contribution in [0.15, 0.2) is 25.3 Å². The predicted octanol–water partition coefficient (Wildman–Crippen LogP) is 2.10. The van der Waals surface area contributed by atoms with Crippen LogP contribution in [-0.2, 0) is 19.0 Å². The minimum atomic E-state index is -1.37. The Morgan fingerprint density at radius 2 is 2.05 bits per heavy atom. The van der Waals surface area contributed by atoms with Crippen LogP contribution < -0.4 is 0 Å². The van der Waals surface area contributed by atoms with Gasteiger partial charge >= 0.3 is 5.97 Å². The summed E-state index contributed by atoms with van der Waals surface area (Å²) >= 11 is 1.22. The molecule has 0 bridgehead atoms. The average molecular weight is 290 g/mol. The van der Waals surface area contributed by atoms with Gasteiger partial charge in [0.15, 0.2) is 11.6 Å². The zero-order valence-electron chi connectivity index (χ0n) is 10.9. The molecule has 1 heterocycles. The fourth-order valence-corrected chi connectivity index (χ4v) is 3.12. The predicted molar refractivity (Wildman–Crippen MR) is 72.8 cm³/mol. The molecule has 6 heteroatoms. The molecule has 108 valence electrons. The highest BCUT2D eigenvalue weighted by atomic mass is 32.2. The van der Waals surface area contributed by atoms with Gasteiger partial charge in [-0.3, -0.25) is 4.79 Å². The van der Waals surface area contributed by atoms with Crippen molar-refractivity contribution in [3.8, 4) is 0 Å². The first kappa shape index (κ1) is 16.2. The minimum Gasteiger partial charge on any atom is -0.448 e. The van der Waals surface area contributed by atoms with Gasteiger partial charge in [-0.05, 0) is 0 Å². The van der Waals surface area contributed by atoms with Crippen molar-refractivity contribution in [2.75, 3.05) is 19.8 Å². The summed E-state index contributed by atoms with van der Waals surface area (Å²) in [5.74, 6) is -0.504. The second-order valence-corrected chi connectivity index (χ2v) is 5.35. The third kappa shape index (κ3) is 4.97. The highest BCUT2D eigenvalue weighted by Gasteiger charge is 2.47. The molecule has 19 heavy (non-hydrogen) atoms. The van der Waals surface area contributed by atoms with Crippen molar-refractivity contribution < 1.29 is 23.4 Å². The molecule has 0 aromatic rings. The molecule has 0 aliphatic carbocycles. The lowest BCUT2D eigenvalue weighted by Crippen LogP contribution is -2.35. The number of hydrogen-bond acceptors (Lipinski definition) is 5. The van der Waals surface area contributed by atoms with E-state index in [0.717, 1.165) is 0 Å². The van der Waals surface area contributed by atoms with Crippen LogP contribution in [0.1, 0.15) is 6.92 Å². The van der Waals surface area contributed by atoms with E-state index in [2.05, 4.69) is 13.2 Å². The van der Waals surface area contributed by atoms with Crippen molar-refractivity contribution in [3.05, 3.63) is 25.3 Å². The summed E-state index contributed by atoms with van der Waals surface area (Å²) in [6, 6.07) is 0. The first-order valence-electron chi connectivity index (χ1n) is 5.98. The quantitative estimate of drug-likeness (QED) is 0.389. The Labute approximate surface area is 117 Å². The molecule has 0 spiro atoms. The van der Waals surface area contributed by atoms with Crippen LogP contribution in [0.2, 0.25) is 0 Å². The summed E-state index contributed by atoms with van der Waals surface area (Å²) in [5.41, 5.74) is -0.843. The Morgan fingerprint density at radius 1 is 1.37 bits per heavy atom. The number of halogens is 1. The highest BCUT2D eigenvalue weighted by Crippen LogP contribution is 2.39. The van der Waals surface area contributed by atoms with Gasteiger partial charge in [-0.15, -0.1) is 24.9 Å². The average Bonchev–Trinajstić information content (AvgIpc) is 2.64. The second-order valence-electron chi connectivity index (χ2n) is 4.01. The summed E-state index contributed by atoms with van der Waals surface area (Å²) < 4.78 is 29.8. The SMILES string of the molecule is C=CCOC[C@H]1SC(OC(C)=O)[C@H](F)[C@@H]1OCC=C. The Bertz CT molecular complexity index is 324. The fraction of sp³-hybridized carbons (Fsp3) is 0.615. The first-order valence-corrected chi connectivity index (χ1v) is 6.92. The van der Waals surface area contributed by atoms with Crippen LogP contribution in [0.4, 0.5) is 4.39 Å². The van der Waals surface area contributed by atoms with Gasteiger partial charge in [0, 0.05) is 6.92 Å². The summed E-state index contributed by atoms with van der Waals surface area (Å²) in [6.07, 6.45) is 1.14. The largest absolute Gasteiger partial charge is 0.448 e. The van der Waals surface area contributed by atoms with Gasteiger partial charge in [0.2, 0.25) is 0 Å². The van der Waals surface area contributed by atoms with E-state index >= 15 is 0 Å². The molecule has 1 rings (SSSR count). The maximum absolute atomic E-state index is 14.2. The van der Waals surface area contributed by atoms with Crippen LogP contribution in [0.3, 0.4) is 0 Å². The Balaban J connectivity index is 2.60. The maximum atomic E-state index is 14.2. The Hall–Kier alpha value is -0.850. The van der Waals surface area contributed by atoms with Crippen molar-refractivity contribution in [2.24, 2.45) is 0 Å². The van der Waals surface area contributed by atoms with Crippen LogP contribution >= 0.6 is 11.8 Å². The van der Waals surface area contributed by atoms with Crippen molar-refractivity contribution in [3.63, 3.8) is 0 Å². The fourth-order valence-electron chi connectivity index (χ4n) is 1.72. The third-order valence-electron chi connectivity index (χ3n) is 2.46. The molecular formula is C13H19FO4S. The van der Waals surface area contributed by atoms with Crippen molar-refractivity contribution in [1.82, 2.24) is 0 Å². The summed E-state index contributed by atoms with van der Waals surface area (Å²) in [5, 5.41) is -0.223. The zero-order chi connectivity index (χ0) is 14.3. The molecule has 0 saturated carbocycles. The van der Waals surface area contributed by atoms with Gasteiger partial charge in [0.05, 0.1) is 25.1 Å². The van der Waals surface area contributed by atoms with E-state index in [0.29, 0.717) is 13.2 Å². The summed E-state index contributed by atoms with van der Waals surface area (Å²) in [6.45, 7) is 9.28. The van der Waals surface area contributed by atoms with E-state index < -0.39 is 23.7 Å². The van der Waals surface area contributed by atoms with Crippen molar-refractivity contribution in [2.45, 2.75) is 29.9 Å². The van der Waals surface area contributed by atoms with E-state index in [4.69, 9.17) is 14.2 Å². The van der Waals surface area contributed by atoms with Crippen molar-refractivity contribution >= 4 is 17.7 Å². The number of carbonyl (C=O) groups excluding carboxylic acids is 1. The first-order chi connectivity index (χ1) is 9.10. The lowest BCUT2D eigenvalue weighted by molar-refractivity contribution is -0.146. The molecule has 4 nitrogen and oxygen atoms in total. The van der Waals surface area contributed by atoms with E-state index in [1.54, 1.807) is 12.2 Å². The standard InChI is InChI=1S/C13H19FO4S/c1-4-6-16-8-10-12(17-7-5-2)11(14)13(19-10)18-9(3)15/h4-5,10-13H,1-2,6-8H2,3H3/t10-,11-,12-,13?/m1/s1. The molecule has 0 amide bonds. The van der Waals surface area contributed by atoms with Crippen molar-refractivity contribution in [1.29, 1.82) is 0 Å². The number of esters is 1. The third-order valence-corrected chi connectivity index (χ3v) is 3.83. The molecule has 0 radical (unpaired) electrons. The van der Waals surface area contributed by atoms with Gasteiger partial charge in [-0.1, -0.05) is 12.2 Å². The molecule has 1 unspecified atom stereocenters.